The minimum absolute atomic E-state index is 0.198. The standard InChI is InChI=1S/C12H21BrN2O2S/c1-15(7-11-4-9(13)8-18-11)10(6-14)5-12(16-2)17-3/h4,8,10,12H,5-7,14H2,1-3H3. The lowest BCUT2D eigenvalue weighted by Crippen LogP contribution is -2.40. The Balaban J connectivity index is 2.53. The Labute approximate surface area is 121 Å². The number of methoxy groups -OCH3 is 2. The first-order valence-electron chi connectivity index (χ1n) is 5.79. The van der Waals surface area contributed by atoms with Crippen molar-refractivity contribution in [2.45, 2.75) is 25.3 Å². The topological polar surface area (TPSA) is 47.7 Å². The van der Waals surface area contributed by atoms with Gasteiger partial charge in [-0.1, -0.05) is 0 Å². The quantitative estimate of drug-likeness (QED) is 0.740. The van der Waals surface area contributed by atoms with Crippen molar-refractivity contribution in [2.24, 2.45) is 5.73 Å². The highest BCUT2D eigenvalue weighted by atomic mass is 79.9. The fourth-order valence-corrected chi connectivity index (χ4v) is 3.29. The molecule has 1 rings (SSSR count). The summed E-state index contributed by atoms with van der Waals surface area (Å²) in [6.45, 7) is 1.48. The van der Waals surface area contributed by atoms with Crippen LogP contribution in [0.2, 0.25) is 0 Å². The summed E-state index contributed by atoms with van der Waals surface area (Å²) in [5, 5.41) is 2.09. The van der Waals surface area contributed by atoms with Crippen LogP contribution in [-0.2, 0) is 16.0 Å². The average molecular weight is 337 g/mol. The summed E-state index contributed by atoms with van der Waals surface area (Å²) in [6.07, 6.45) is 0.572. The first kappa shape index (κ1) is 16.1. The van der Waals surface area contributed by atoms with E-state index >= 15 is 0 Å². The van der Waals surface area contributed by atoms with Crippen molar-refractivity contribution in [3.05, 3.63) is 20.8 Å². The third kappa shape index (κ3) is 4.95. The molecule has 4 nitrogen and oxygen atoms in total. The van der Waals surface area contributed by atoms with Gasteiger partial charge < -0.3 is 15.2 Å². The fourth-order valence-electron chi connectivity index (χ4n) is 1.78. The number of nitrogens with zero attached hydrogens (tertiary/aromatic N) is 1. The Hall–Kier alpha value is 0.0200. The molecule has 0 saturated heterocycles. The highest BCUT2D eigenvalue weighted by molar-refractivity contribution is 9.10. The van der Waals surface area contributed by atoms with Crippen LogP contribution in [0, 0.1) is 0 Å². The number of rotatable bonds is 8. The van der Waals surface area contributed by atoms with Gasteiger partial charge in [-0.25, -0.2) is 0 Å². The molecule has 0 aromatic carbocycles. The Bertz CT molecular complexity index is 345. The largest absolute Gasteiger partial charge is 0.356 e. The van der Waals surface area contributed by atoms with Crippen LogP contribution >= 0.6 is 27.3 Å². The number of ether oxygens (including phenoxy) is 2. The lowest BCUT2D eigenvalue weighted by atomic mass is 10.1. The van der Waals surface area contributed by atoms with E-state index in [0.29, 0.717) is 6.54 Å². The van der Waals surface area contributed by atoms with Crippen molar-refractivity contribution < 1.29 is 9.47 Å². The molecule has 0 amide bonds. The van der Waals surface area contributed by atoms with Gasteiger partial charge in [0, 0.05) is 54.5 Å². The van der Waals surface area contributed by atoms with Gasteiger partial charge >= 0.3 is 0 Å². The van der Waals surface area contributed by atoms with Gasteiger partial charge in [0.1, 0.15) is 0 Å². The molecule has 104 valence electrons. The monoisotopic (exact) mass is 336 g/mol. The summed E-state index contributed by atoms with van der Waals surface area (Å²) >= 11 is 5.21. The molecule has 6 heteroatoms. The smallest absolute Gasteiger partial charge is 0.158 e. The molecule has 18 heavy (non-hydrogen) atoms. The predicted octanol–water partition coefficient (Wildman–Crippen LogP) is 2.28. The molecule has 2 N–H and O–H groups in total. The number of nitrogens with two attached hydrogens (primary N) is 1. The summed E-state index contributed by atoms with van der Waals surface area (Å²) in [7, 11) is 5.38. The second-order valence-corrected chi connectivity index (χ2v) is 6.08. The van der Waals surface area contributed by atoms with Crippen molar-refractivity contribution in [2.75, 3.05) is 27.8 Å². The molecule has 0 fully saturated rings. The molecule has 0 bridgehead atoms. The van der Waals surface area contributed by atoms with E-state index in [1.807, 2.05) is 0 Å². The van der Waals surface area contributed by atoms with Crippen molar-refractivity contribution in [3.8, 4) is 0 Å². The van der Waals surface area contributed by atoms with Crippen LogP contribution in [0.25, 0.3) is 0 Å². The Morgan fingerprint density at radius 2 is 2.11 bits per heavy atom. The van der Waals surface area contributed by atoms with Crippen molar-refractivity contribution >= 4 is 27.3 Å². The molecule has 0 spiro atoms. The van der Waals surface area contributed by atoms with E-state index in [-0.39, 0.29) is 12.3 Å². The highest BCUT2D eigenvalue weighted by Crippen LogP contribution is 2.22. The van der Waals surface area contributed by atoms with E-state index in [1.165, 1.54) is 4.88 Å². The number of likely N-dealkylation sites (N-methyl/N-ethyl adjacent to an activating group) is 1. The number of halogens is 1. The zero-order valence-electron chi connectivity index (χ0n) is 11.1. The molecule has 1 aromatic heterocycles. The molecule has 1 aromatic rings. The number of hydrogen-bond donors (Lipinski definition) is 1. The van der Waals surface area contributed by atoms with Gasteiger partial charge in [-0.2, -0.15) is 0 Å². The molecule has 0 radical (unpaired) electrons. The fraction of sp³-hybridized carbons (Fsp3) is 0.667. The Morgan fingerprint density at radius 3 is 2.56 bits per heavy atom. The molecular weight excluding hydrogens is 316 g/mol. The summed E-state index contributed by atoms with van der Waals surface area (Å²) in [5.41, 5.74) is 5.83. The first-order valence-corrected chi connectivity index (χ1v) is 7.46. The van der Waals surface area contributed by atoms with E-state index in [1.54, 1.807) is 25.6 Å². The SMILES string of the molecule is COC(CC(CN)N(C)Cc1cc(Br)cs1)OC. The zero-order chi connectivity index (χ0) is 13.5. The summed E-state index contributed by atoms with van der Waals surface area (Å²) < 4.78 is 11.6. The zero-order valence-corrected chi connectivity index (χ0v) is 13.5. The molecule has 1 atom stereocenters. The maximum Gasteiger partial charge on any atom is 0.158 e. The third-order valence-corrected chi connectivity index (χ3v) is 4.60. The first-order chi connectivity index (χ1) is 8.60. The van der Waals surface area contributed by atoms with Gasteiger partial charge in [0.15, 0.2) is 6.29 Å². The Morgan fingerprint density at radius 1 is 1.44 bits per heavy atom. The van der Waals surface area contributed by atoms with Gasteiger partial charge in [-0.05, 0) is 29.0 Å². The van der Waals surface area contributed by atoms with Gasteiger partial charge in [-0.15, -0.1) is 11.3 Å². The van der Waals surface area contributed by atoms with Crippen LogP contribution in [0.3, 0.4) is 0 Å². The second kappa shape index (κ2) is 8.24. The maximum absolute atomic E-state index is 5.83. The molecule has 0 saturated carbocycles. The van der Waals surface area contributed by atoms with Crippen LogP contribution in [0.1, 0.15) is 11.3 Å². The lowest BCUT2D eigenvalue weighted by molar-refractivity contribution is -0.115. The van der Waals surface area contributed by atoms with E-state index in [0.717, 1.165) is 17.4 Å². The van der Waals surface area contributed by atoms with Crippen LogP contribution < -0.4 is 5.73 Å². The molecule has 1 heterocycles. The van der Waals surface area contributed by atoms with Gasteiger partial charge in [0.05, 0.1) is 0 Å². The Kier molecular flexibility index (Phi) is 7.36. The van der Waals surface area contributed by atoms with E-state index in [4.69, 9.17) is 15.2 Å². The minimum atomic E-state index is -0.198. The maximum atomic E-state index is 5.83. The number of hydrogen-bond acceptors (Lipinski definition) is 5. The van der Waals surface area contributed by atoms with E-state index in [9.17, 15) is 0 Å². The van der Waals surface area contributed by atoms with E-state index in [2.05, 4.69) is 39.3 Å². The van der Waals surface area contributed by atoms with Crippen LogP contribution in [0.5, 0.6) is 0 Å². The summed E-state index contributed by atoms with van der Waals surface area (Å²) in [5.74, 6) is 0. The lowest BCUT2D eigenvalue weighted by Gasteiger charge is -2.29. The van der Waals surface area contributed by atoms with Crippen molar-refractivity contribution in [3.63, 3.8) is 0 Å². The third-order valence-electron chi connectivity index (χ3n) is 2.91. The van der Waals surface area contributed by atoms with Crippen LogP contribution in [0.4, 0.5) is 0 Å². The molecule has 0 aliphatic rings. The van der Waals surface area contributed by atoms with Gasteiger partial charge in [0.2, 0.25) is 0 Å². The van der Waals surface area contributed by atoms with Gasteiger partial charge in [0.25, 0.3) is 0 Å². The number of thiophene rings is 1. The predicted molar refractivity (Wildman–Crippen MR) is 78.8 cm³/mol. The van der Waals surface area contributed by atoms with Crippen molar-refractivity contribution in [1.82, 2.24) is 4.90 Å². The molecule has 0 aliphatic heterocycles. The molecular formula is C12H21BrN2O2S. The summed E-state index contributed by atoms with van der Waals surface area (Å²) in [4.78, 5) is 3.55. The molecule has 1 unspecified atom stereocenters. The van der Waals surface area contributed by atoms with E-state index < -0.39 is 0 Å². The second-order valence-electron chi connectivity index (χ2n) is 4.17. The normalized spacial score (nSPS) is 13.5. The van der Waals surface area contributed by atoms with Crippen LogP contribution in [-0.4, -0.2) is 45.0 Å². The van der Waals surface area contributed by atoms with Gasteiger partial charge in [-0.3, -0.25) is 4.90 Å². The minimum Gasteiger partial charge on any atom is -0.356 e. The molecule has 0 aliphatic carbocycles. The van der Waals surface area contributed by atoms with Crippen molar-refractivity contribution in [1.29, 1.82) is 0 Å². The summed E-state index contributed by atoms with van der Waals surface area (Å²) in [6, 6.07) is 2.38. The van der Waals surface area contributed by atoms with Crippen LogP contribution in [0.15, 0.2) is 15.9 Å². The highest BCUT2D eigenvalue weighted by Gasteiger charge is 2.19. The average Bonchev–Trinajstić information content (AvgIpc) is 2.76.